The lowest BCUT2D eigenvalue weighted by Gasteiger charge is -2.41. The van der Waals surface area contributed by atoms with Crippen LogP contribution in [0.5, 0.6) is 0 Å². The summed E-state index contributed by atoms with van der Waals surface area (Å²) in [6, 6.07) is 42.4. The number of ether oxygens (including phenoxy) is 2. The summed E-state index contributed by atoms with van der Waals surface area (Å²) >= 11 is 3.43. The number of aliphatic hydroxyl groups is 1. The van der Waals surface area contributed by atoms with E-state index in [4.69, 9.17) is 14.5 Å². The van der Waals surface area contributed by atoms with Gasteiger partial charge in [-0.25, -0.2) is 9.78 Å². The summed E-state index contributed by atoms with van der Waals surface area (Å²) in [4.78, 5) is 17.3. The van der Waals surface area contributed by atoms with Crippen LogP contribution in [0.1, 0.15) is 47.1 Å². The van der Waals surface area contributed by atoms with Gasteiger partial charge in [-0.05, 0) is 57.6 Å². The minimum Gasteiger partial charge on any atom is -0.392 e. The monoisotopic (exact) mass is 701 g/mol. The number of amides is 2. The Balaban J connectivity index is 1.07. The Morgan fingerprint density at radius 2 is 1.46 bits per heavy atom. The number of thiazole rings is 1. The maximum Gasteiger partial charge on any atom is 0.315 e. The summed E-state index contributed by atoms with van der Waals surface area (Å²) < 4.78 is 15.7. The van der Waals surface area contributed by atoms with E-state index in [1.807, 2.05) is 84.9 Å². The zero-order valence-electron chi connectivity index (χ0n) is 27.7. The molecule has 6 aromatic rings. The summed E-state index contributed by atoms with van der Waals surface area (Å²) in [5, 5.41) is 15.5. The van der Waals surface area contributed by atoms with E-state index in [9.17, 15) is 9.90 Å². The van der Waals surface area contributed by atoms with E-state index in [-0.39, 0.29) is 30.8 Å². The molecule has 4 atom stereocenters. The number of thioether (sulfide) groups is 1. The highest BCUT2D eigenvalue weighted by Gasteiger charge is 2.38. The van der Waals surface area contributed by atoms with Crippen molar-refractivity contribution in [2.24, 2.45) is 5.92 Å². The van der Waals surface area contributed by atoms with Crippen molar-refractivity contribution in [2.45, 2.75) is 49.5 Å². The van der Waals surface area contributed by atoms with Crippen LogP contribution < -0.4 is 10.6 Å². The Labute approximate surface area is 300 Å². The second kappa shape index (κ2) is 16.0. The number of hydrogen-bond donors (Lipinski definition) is 3. The summed E-state index contributed by atoms with van der Waals surface area (Å²) in [5.41, 5.74) is 8.00. The minimum absolute atomic E-state index is 0.0000358. The van der Waals surface area contributed by atoms with E-state index in [1.165, 1.54) is 4.70 Å². The lowest BCUT2D eigenvalue weighted by atomic mass is 9.91. The minimum atomic E-state index is -0.576. The van der Waals surface area contributed by atoms with Crippen LogP contribution in [0.25, 0.3) is 21.3 Å². The Kier molecular flexibility index (Phi) is 10.9. The number of aromatic nitrogens is 1. The number of benzene rings is 5. The number of rotatable bonds is 11. The molecule has 9 heteroatoms. The molecule has 0 radical (unpaired) electrons. The molecule has 1 aromatic heterocycles. The third-order valence-electron chi connectivity index (χ3n) is 8.94. The van der Waals surface area contributed by atoms with Crippen molar-refractivity contribution in [1.82, 2.24) is 15.6 Å². The highest BCUT2D eigenvalue weighted by atomic mass is 32.2. The van der Waals surface area contributed by atoms with Crippen LogP contribution in [0.4, 0.5) is 4.79 Å². The molecule has 0 unspecified atom stereocenters. The topological polar surface area (TPSA) is 92.7 Å². The van der Waals surface area contributed by atoms with Crippen LogP contribution in [0.15, 0.2) is 132 Å². The molecule has 1 saturated heterocycles. The maximum absolute atomic E-state index is 12.5. The molecule has 50 heavy (non-hydrogen) atoms. The largest absolute Gasteiger partial charge is 0.392 e. The molecule has 0 aliphatic carbocycles. The average Bonchev–Trinajstić information content (AvgIpc) is 3.60. The molecule has 0 saturated carbocycles. The van der Waals surface area contributed by atoms with Gasteiger partial charge in [-0.1, -0.05) is 122 Å². The van der Waals surface area contributed by atoms with Crippen molar-refractivity contribution in [1.29, 1.82) is 0 Å². The predicted molar refractivity (Wildman–Crippen MR) is 201 cm³/mol. The van der Waals surface area contributed by atoms with Gasteiger partial charge in [0, 0.05) is 30.3 Å². The molecule has 0 bridgehead atoms. The molecule has 0 spiro atoms. The van der Waals surface area contributed by atoms with E-state index in [1.54, 1.807) is 23.1 Å². The van der Waals surface area contributed by atoms with Crippen molar-refractivity contribution in [3.05, 3.63) is 155 Å². The van der Waals surface area contributed by atoms with Crippen molar-refractivity contribution >= 4 is 39.3 Å². The number of para-hydroxylation sites is 1. The summed E-state index contributed by atoms with van der Waals surface area (Å²) in [6.07, 6.45) is -0.874. The molecule has 2 heterocycles. The second-order valence-electron chi connectivity index (χ2n) is 12.4. The fourth-order valence-electron chi connectivity index (χ4n) is 6.12. The van der Waals surface area contributed by atoms with Crippen LogP contribution in [0.2, 0.25) is 0 Å². The summed E-state index contributed by atoms with van der Waals surface area (Å²) in [6.45, 7) is 3.06. The van der Waals surface area contributed by atoms with Gasteiger partial charge >= 0.3 is 6.03 Å². The first-order valence-corrected chi connectivity index (χ1v) is 18.6. The third-order valence-corrected chi connectivity index (χ3v) is 11.2. The molecular formula is C41H39N3O4S2. The van der Waals surface area contributed by atoms with E-state index < -0.39 is 6.29 Å². The van der Waals surface area contributed by atoms with Crippen molar-refractivity contribution in [3.63, 3.8) is 0 Å². The molecule has 1 fully saturated rings. The van der Waals surface area contributed by atoms with Crippen LogP contribution in [-0.2, 0) is 29.2 Å². The lowest BCUT2D eigenvalue weighted by Crippen LogP contribution is -2.38. The number of nitrogens with one attached hydrogen (secondary N) is 2. The van der Waals surface area contributed by atoms with Crippen LogP contribution in [0.3, 0.4) is 0 Å². The molecule has 5 aromatic carbocycles. The molecule has 2 amide bonds. The highest BCUT2D eigenvalue weighted by Crippen LogP contribution is 2.44. The number of carbonyl (C=O) groups is 1. The first-order valence-electron chi connectivity index (χ1n) is 16.8. The number of nitrogens with zero attached hydrogens (tertiary/aromatic N) is 1. The quantitative estimate of drug-likeness (QED) is 0.117. The molecule has 1 aliphatic rings. The molecule has 7 nitrogen and oxygen atoms in total. The third kappa shape index (κ3) is 8.26. The van der Waals surface area contributed by atoms with Gasteiger partial charge in [0.15, 0.2) is 10.6 Å². The van der Waals surface area contributed by atoms with E-state index in [0.29, 0.717) is 13.1 Å². The van der Waals surface area contributed by atoms with Crippen molar-refractivity contribution < 1.29 is 19.4 Å². The van der Waals surface area contributed by atoms with E-state index in [2.05, 4.69) is 60.0 Å². The van der Waals surface area contributed by atoms with Gasteiger partial charge in [0.25, 0.3) is 0 Å². The molecule has 3 N–H and O–H groups in total. The number of urea groups is 1. The Morgan fingerprint density at radius 3 is 2.24 bits per heavy atom. The standard InChI is InChI=1S/C41H39N3O4S2/c1-27-36(26-49-41-44-35-15-5-6-16-37(35)50-41)47-39(48-38(27)31-19-17-29(25-45)18-20-31)34-14-8-13-33(22-34)32-12-7-11-30(21-32)24-43-40(46)42-23-28-9-3-2-4-10-28/h2-22,27,36,38-39,45H,23-26H2,1H3,(H2,42,43,46)/t27-,36+,38+,39+/m1/s1. The van der Waals surface area contributed by atoms with E-state index in [0.717, 1.165) is 54.6 Å². The fraction of sp³-hybridized carbons (Fsp3) is 0.220. The first kappa shape index (κ1) is 34.0. The van der Waals surface area contributed by atoms with Crippen molar-refractivity contribution in [2.75, 3.05) is 5.75 Å². The Hall–Kier alpha value is -4.51. The smallest absolute Gasteiger partial charge is 0.315 e. The van der Waals surface area contributed by atoms with Gasteiger partial charge in [-0.2, -0.15) is 0 Å². The van der Waals surface area contributed by atoms with Gasteiger partial charge in [0.1, 0.15) is 0 Å². The number of aliphatic hydroxyl groups excluding tert-OH is 1. The maximum atomic E-state index is 12.5. The number of carbonyl (C=O) groups excluding carboxylic acids is 1. The first-order chi connectivity index (χ1) is 24.5. The fourth-order valence-corrected chi connectivity index (χ4v) is 8.38. The average molecular weight is 702 g/mol. The van der Waals surface area contributed by atoms with Crippen LogP contribution in [0, 0.1) is 5.92 Å². The summed E-state index contributed by atoms with van der Waals surface area (Å²) in [7, 11) is 0. The molecular weight excluding hydrogens is 663 g/mol. The number of hydrogen-bond acceptors (Lipinski definition) is 7. The van der Waals surface area contributed by atoms with Crippen LogP contribution in [-0.4, -0.2) is 28.0 Å². The molecule has 254 valence electrons. The number of fused-ring (bicyclic) bond motifs is 1. The predicted octanol–water partition coefficient (Wildman–Crippen LogP) is 9.04. The van der Waals surface area contributed by atoms with Gasteiger partial charge in [0.05, 0.1) is 29.0 Å². The van der Waals surface area contributed by atoms with Crippen LogP contribution >= 0.6 is 23.1 Å². The van der Waals surface area contributed by atoms with Gasteiger partial charge in [-0.3, -0.25) is 0 Å². The molecule has 1 aliphatic heterocycles. The van der Waals surface area contributed by atoms with Gasteiger partial charge in [0.2, 0.25) is 0 Å². The molecule has 7 rings (SSSR count). The Bertz CT molecular complexity index is 2000. The lowest BCUT2D eigenvalue weighted by molar-refractivity contribution is -0.268. The SMILES string of the molecule is C[C@@H]1[C@H](CSc2nc3ccccc3s2)O[C@H](c2cccc(-c3cccc(CNC(=O)NCc4ccccc4)c3)c2)O[C@@H]1c1ccc(CO)cc1. The van der Waals surface area contributed by atoms with E-state index >= 15 is 0 Å². The zero-order chi connectivity index (χ0) is 34.3. The summed E-state index contributed by atoms with van der Waals surface area (Å²) in [5.74, 6) is 0.810. The normalized spacial score (nSPS) is 18.9. The highest BCUT2D eigenvalue weighted by molar-refractivity contribution is 8.01. The second-order valence-corrected chi connectivity index (χ2v) is 14.7. The zero-order valence-corrected chi connectivity index (χ0v) is 29.3. The van der Waals surface area contributed by atoms with Gasteiger partial charge in [-0.15, -0.1) is 11.3 Å². The Morgan fingerprint density at radius 1 is 0.760 bits per heavy atom. The van der Waals surface area contributed by atoms with Crippen molar-refractivity contribution in [3.8, 4) is 11.1 Å². The van der Waals surface area contributed by atoms with Gasteiger partial charge < -0.3 is 25.2 Å².